The van der Waals surface area contributed by atoms with Crippen molar-refractivity contribution in [2.24, 2.45) is 4.99 Å². The molecule has 1 aromatic carbocycles. The Morgan fingerprint density at radius 1 is 1.32 bits per heavy atom. The van der Waals surface area contributed by atoms with Crippen LogP contribution in [-0.4, -0.2) is 39.8 Å². The van der Waals surface area contributed by atoms with Crippen molar-refractivity contribution in [3.63, 3.8) is 0 Å². The average molecular weight is 340 g/mol. The number of aromatic amines is 1. The van der Waals surface area contributed by atoms with Gasteiger partial charge in [0.25, 0.3) is 5.56 Å². The first-order valence-electron chi connectivity index (χ1n) is 7.13. The summed E-state index contributed by atoms with van der Waals surface area (Å²) < 4.78 is 0. The predicted molar refractivity (Wildman–Crippen MR) is 96.6 cm³/mol. The van der Waals surface area contributed by atoms with E-state index in [2.05, 4.69) is 38.4 Å². The molecule has 0 fully saturated rings. The van der Waals surface area contributed by atoms with Gasteiger partial charge in [0.1, 0.15) is 0 Å². The monoisotopic (exact) mass is 340 g/mol. The number of carbonyl (C=O) groups is 1. The Morgan fingerprint density at radius 2 is 2.00 bits per heavy atom. The maximum atomic E-state index is 11.8. The smallest absolute Gasteiger partial charge is 0.335 e. The van der Waals surface area contributed by atoms with Crippen LogP contribution in [0, 0.1) is 12.8 Å². The van der Waals surface area contributed by atoms with Crippen molar-refractivity contribution < 1.29 is 9.90 Å². The number of nitrogens with two attached hydrogens (primary N) is 1. The van der Waals surface area contributed by atoms with Gasteiger partial charge in [-0.2, -0.15) is 4.98 Å². The van der Waals surface area contributed by atoms with Crippen molar-refractivity contribution in [2.45, 2.75) is 0 Å². The van der Waals surface area contributed by atoms with Crippen LogP contribution in [0.3, 0.4) is 0 Å². The van der Waals surface area contributed by atoms with Gasteiger partial charge >= 0.3 is 5.97 Å². The van der Waals surface area contributed by atoms with E-state index in [0.717, 1.165) is 11.4 Å². The van der Waals surface area contributed by atoms with Gasteiger partial charge in [-0.3, -0.25) is 9.78 Å². The van der Waals surface area contributed by atoms with Gasteiger partial charge in [-0.25, -0.2) is 9.79 Å². The molecule has 6 N–H and O–H groups in total. The third kappa shape index (κ3) is 4.14. The number of aromatic carboxylic acids is 1. The number of nitrogen functional groups attached to an aromatic ring is 1. The van der Waals surface area contributed by atoms with E-state index in [1.54, 1.807) is 12.1 Å². The van der Waals surface area contributed by atoms with Crippen LogP contribution in [0.5, 0.6) is 0 Å². The number of carboxylic acids is 1. The molecule has 2 aromatic rings. The number of hydrogen-bond acceptors (Lipinski definition) is 7. The number of terminal acetylenes is 1. The first-order chi connectivity index (χ1) is 12.0. The maximum Gasteiger partial charge on any atom is 0.335 e. The molecule has 3 rings (SSSR count). The number of carboxylic acid groups (broad SMARTS) is 1. The number of anilines is 3. The molecule has 0 saturated carbocycles. The van der Waals surface area contributed by atoms with Crippen LogP contribution in [0.4, 0.5) is 23.1 Å². The second-order valence-electron chi connectivity index (χ2n) is 4.92. The van der Waals surface area contributed by atoms with E-state index in [4.69, 9.17) is 10.8 Å². The van der Waals surface area contributed by atoms with E-state index >= 15 is 0 Å². The van der Waals surface area contributed by atoms with Crippen LogP contribution in [0.25, 0.3) is 0 Å². The summed E-state index contributed by atoms with van der Waals surface area (Å²) in [6.45, 7) is 0.839. The molecule has 0 radical (unpaired) electrons. The molecule has 1 aliphatic rings. The van der Waals surface area contributed by atoms with Gasteiger partial charge in [-0.05, 0) is 24.3 Å². The highest BCUT2D eigenvalue weighted by Gasteiger charge is 2.16. The van der Waals surface area contributed by atoms with Crippen LogP contribution in [0.2, 0.25) is 0 Å². The molecule has 1 aromatic heterocycles. The molecule has 0 unspecified atom stereocenters. The lowest BCUT2D eigenvalue weighted by molar-refractivity contribution is 0.0697. The summed E-state index contributed by atoms with van der Waals surface area (Å²) in [4.78, 5) is 33.3. The van der Waals surface area contributed by atoms with Gasteiger partial charge < -0.3 is 21.5 Å². The summed E-state index contributed by atoms with van der Waals surface area (Å²) in [5, 5.41) is 15.0. The molecule has 9 heteroatoms. The highest BCUT2D eigenvalue weighted by Crippen LogP contribution is 2.21. The predicted octanol–water partition coefficient (Wildman–Crippen LogP) is 0.910. The molecule has 0 atom stereocenters. The molecular weight excluding hydrogens is 324 g/mol. The Labute approximate surface area is 143 Å². The number of H-pyrrole nitrogens is 1. The van der Waals surface area contributed by atoms with E-state index < -0.39 is 11.5 Å². The van der Waals surface area contributed by atoms with Gasteiger partial charge in [0.15, 0.2) is 11.5 Å². The minimum atomic E-state index is -0.972. The van der Waals surface area contributed by atoms with Crippen LogP contribution >= 0.6 is 0 Å². The summed E-state index contributed by atoms with van der Waals surface area (Å²) in [5.74, 6) is -0.572. The zero-order valence-electron chi connectivity index (χ0n) is 13.1. The molecular formula is C16H16N6O3. The number of hydrogen-bond donors (Lipinski definition) is 5. The zero-order chi connectivity index (χ0) is 18.4. The number of aliphatic imine (C=N–C) groups is 1. The molecule has 25 heavy (non-hydrogen) atoms. The normalized spacial score (nSPS) is 11.8. The minimum Gasteiger partial charge on any atom is -0.478 e. The fraction of sp³-hybridized carbons (Fsp3) is 0.125. The number of fused-ring (bicyclic) bond motifs is 1. The Hall–Kier alpha value is -3.80. The Balaban J connectivity index is 0.00000109. The number of rotatable bonds is 4. The molecule has 0 bridgehead atoms. The fourth-order valence-corrected chi connectivity index (χ4v) is 2.13. The molecule has 0 aliphatic carbocycles. The van der Waals surface area contributed by atoms with Crippen molar-refractivity contribution in [2.75, 3.05) is 29.5 Å². The van der Waals surface area contributed by atoms with Crippen molar-refractivity contribution in [1.29, 1.82) is 0 Å². The summed E-state index contributed by atoms with van der Waals surface area (Å²) in [6.07, 6.45) is 8.00. The quantitative estimate of drug-likeness (QED) is 0.520. The standard InChI is InChI=1S/C14H14N6O3.C2H2/c15-14-19-11-10(12(21)20-14)18-9(6-17-11)5-16-8-3-1-7(2-4-8)13(22)23;1-2/h1-4,16H,5-6H2,(H,22,23)(H4,15,17,19,20,21);1-2H. The second kappa shape index (κ2) is 7.65. The van der Waals surface area contributed by atoms with Crippen LogP contribution in [0.1, 0.15) is 10.4 Å². The molecule has 0 amide bonds. The lowest BCUT2D eigenvalue weighted by atomic mass is 10.2. The summed E-state index contributed by atoms with van der Waals surface area (Å²) >= 11 is 0. The molecule has 128 valence electrons. The number of nitrogens with one attached hydrogen (secondary N) is 3. The first kappa shape index (κ1) is 17.6. The zero-order valence-corrected chi connectivity index (χ0v) is 13.1. The largest absolute Gasteiger partial charge is 0.478 e. The van der Waals surface area contributed by atoms with E-state index in [1.165, 1.54) is 12.1 Å². The molecule has 1 aliphatic heterocycles. The van der Waals surface area contributed by atoms with Crippen molar-refractivity contribution in [3.05, 3.63) is 40.2 Å². The maximum absolute atomic E-state index is 11.8. The second-order valence-corrected chi connectivity index (χ2v) is 4.92. The Kier molecular flexibility index (Phi) is 5.37. The van der Waals surface area contributed by atoms with Gasteiger partial charge in [0, 0.05) is 5.69 Å². The van der Waals surface area contributed by atoms with Gasteiger partial charge in [-0.15, -0.1) is 12.8 Å². The summed E-state index contributed by atoms with van der Waals surface area (Å²) in [6, 6.07) is 6.36. The fourth-order valence-electron chi connectivity index (χ4n) is 2.13. The van der Waals surface area contributed by atoms with E-state index in [0.29, 0.717) is 18.9 Å². The summed E-state index contributed by atoms with van der Waals surface area (Å²) in [5.41, 5.74) is 6.97. The first-order valence-corrected chi connectivity index (χ1v) is 7.13. The third-order valence-corrected chi connectivity index (χ3v) is 3.27. The van der Waals surface area contributed by atoms with Crippen LogP contribution in [0.15, 0.2) is 34.1 Å². The highest BCUT2D eigenvalue weighted by molar-refractivity contribution is 5.97. The van der Waals surface area contributed by atoms with E-state index in [1.807, 2.05) is 0 Å². The third-order valence-electron chi connectivity index (χ3n) is 3.27. The lowest BCUT2D eigenvalue weighted by Gasteiger charge is -2.17. The van der Waals surface area contributed by atoms with Crippen LogP contribution in [-0.2, 0) is 0 Å². The number of nitrogens with zero attached hydrogens (tertiary/aromatic N) is 2. The van der Waals surface area contributed by atoms with Gasteiger partial charge in [0.2, 0.25) is 5.95 Å². The number of aromatic nitrogens is 2. The van der Waals surface area contributed by atoms with Gasteiger partial charge in [-0.1, -0.05) is 0 Å². The number of benzene rings is 1. The van der Waals surface area contributed by atoms with Crippen LogP contribution < -0.4 is 21.9 Å². The van der Waals surface area contributed by atoms with E-state index in [-0.39, 0.29) is 17.2 Å². The van der Waals surface area contributed by atoms with Crippen molar-refractivity contribution in [3.8, 4) is 12.8 Å². The average Bonchev–Trinajstić information content (AvgIpc) is 2.62. The molecule has 2 heterocycles. The van der Waals surface area contributed by atoms with E-state index in [9.17, 15) is 9.59 Å². The van der Waals surface area contributed by atoms with Crippen molar-refractivity contribution in [1.82, 2.24) is 9.97 Å². The lowest BCUT2D eigenvalue weighted by Crippen LogP contribution is -2.28. The summed E-state index contributed by atoms with van der Waals surface area (Å²) in [7, 11) is 0. The SMILES string of the molecule is C#C.Nc1nc2c(c(=O)[nH]1)N=C(CNc1ccc(C(=O)O)cc1)CN2. The Bertz CT molecular complexity index is 883. The Morgan fingerprint density at radius 3 is 2.64 bits per heavy atom. The minimum absolute atomic E-state index is 0.0385. The van der Waals surface area contributed by atoms with Crippen molar-refractivity contribution >= 4 is 34.8 Å². The molecule has 0 saturated heterocycles. The molecule has 0 spiro atoms. The topological polar surface area (TPSA) is 145 Å². The molecule has 9 nitrogen and oxygen atoms in total. The van der Waals surface area contributed by atoms with Gasteiger partial charge in [0.05, 0.1) is 24.4 Å². The highest BCUT2D eigenvalue weighted by atomic mass is 16.4.